The normalized spacial score (nSPS) is 38.8. The summed E-state index contributed by atoms with van der Waals surface area (Å²) in [6.45, 7) is 4.43. The van der Waals surface area contributed by atoms with Gasteiger partial charge in [-0.15, -0.1) is 0 Å². The first-order valence-corrected chi connectivity index (χ1v) is 8.94. The van der Waals surface area contributed by atoms with Gasteiger partial charge in [0.25, 0.3) is 0 Å². The van der Waals surface area contributed by atoms with Gasteiger partial charge >= 0.3 is 0 Å². The molecule has 0 heterocycles. The molecular weight excluding hydrogens is 260 g/mol. The van der Waals surface area contributed by atoms with Crippen LogP contribution in [0.3, 0.4) is 0 Å². The predicted octanol–water partition coefficient (Wildman–Crippen LogP) is 2.90. The van der Waals surface area contributed by atoms with E-state index in [0.29, 0.717) is 12.0 Å². The Balaban J connectivity index is 1.65. The van der Waals surface area contributed by atoms with Crippen molar-refractivity contribution in [2.75, 3.05) is 14.1 Å². The first-order chi connectivity index (χ1) is 9.97. The topological polar surface area (TPSA) is 32.3 Å². The molecule has 0 aromatic rings. The molecule has 0 aromatic carbocycles. The molecule has 0 saturated heterocycles. The van der Waals surface area contributed by atoms with Crippen molar-refractivity contribution in [1.82, 2.24) is 10.2 Å². The molecule has 1 amide bonds. The van der Waals surface area contributed by atoms with Gasteiger partial charge in [-0.25, -0.2) is 0 Å². The second-order valence-corrected chi connectivity index (χ2v) is 8.34. The Hall–Kier alpha value is -0.570. The highest BCUT2D eigenvalue weighted by Gasteiger charge is 2.54. The van der Waals surface area contributed by atoms with Gasteiger partial charge in [0.05, 0.1) is 6.04 Å². The first kappa shape index (κ1) is 15.3. The zero-order valence-electron chi connectivity index (χ0n) is 14.1. The van der Waals surface area contributed by atoms with E-state index in [-0.39, 0.29) is 11.9 Å². The lowest BCUT2D eigenvalue weighted by atomic mass is 9.78. The molecule has 3 fully saturated rings. The average Bonchev–Trinajstić information content (AvgIpc) is 3.08. The number of rotatable bonds is 5. The van der Waals surface area contributed by atoms with E-state index in [9.17, 15) is 4.79 Å². The largest absolute Gasteiger partial charge is 0.347 e. The number of nitrogens with one attached hydrogen (secondary N) is 1. The molecule has 3 rings (SSSR count). The third-order valence-corrected chi connectivity index (χ3v) is 6.29. The lowest BCUT2D eigenvalue weighted by Crippen LogP contribution is -2.51. The minimum atomic E-state index is 0.0178. The summed E-state index contributed by atoms with van der Waals surface area (Å²) in [5.74, 6) is 4.62. The number of fused-ring (bicyclic) bond motifs is 5. The van der Waals surface area contributed by atoms with Crippen molar-refractivity contribution in [3.8, 4) is 0 Å². The van der Waals surface area contributed by atoms with Crippen LogP contribution in [0.25, 0.3) is 0 Å². The Bertz CT molecular complexity index is 393. The van der Waals surface area contributed by atoms with Gasteiger partial charge in [0.15, 0.2) is 0 Å². The average molecular weight is 292 g/mol. The molecule has 0 aromatic heterocycles. The summed E-state index contributed by atoms with van der Waals surface area (Å²) in [5.41, 5.74) is 0. The summed E-state index contributed by atoms with van der Waals surface area (Å²) < 4.78 is 0. The second kappa shape index (κ2) is 5.91. The van der Waals surface area contributed by atoms with Gasteiger partial charge in [0.1, 0.15) is 0 Å². The SMILES string of the molecule is CC(C)CC(NC1CC2CC1C1CCCC21)C(=O)N(C)C. The molecule has 3 nitrogen and oxygen atoms in total. The van der Waals surface area contributed by atoms with Crippen LogP contribution >= 0.6 is 0 Å². The van der Waals surface area contributed by atoms with Crippen molar-refractivity contribution >= 4 is 5.91 Å². The minimum Gasteiger partial charge on any atom is -0.347 e. The van der Waals surface area contributed by atoms with Gasteiger partial charge in [-0.1, -0.05) is 20.3 Å². The molecule has 6 unspecified atom stereocenters. The summed E-state index contributed by atoms with van der Waals surface area (Å²) in [5, 5.41) is 3.78. The van der Waals surface area contributed by atoms with E-state index in [4.69, 9.17) is 0 Å². The van der Waals surface area contributed by atoms with E-state index in [1.54, 1.807) is 4.90 Å². The summed E-state index contributed by atoms with van der Waals surface area (Å²) in [6, 6.07) is 0.617. The van der Waals surface area contributed by atoms with Crippen LogP contribution in [0.1, 0.15) is 52.4 Å². The van der Waals surface area contributed by atoms with Crippen LogP contribution in [0.2, 0.25) is 0 Å². The van der Waals surface area contributed by atoms with Crippen molar-refractivity contribution in [2.45, 2.75) is 64.5 Å². The summed E-state index contributed by atoms with van der Waals surface area (Å²) in [6.07, 6.45) is 8.07. The van der Waals surface area contributed by atoms with E-state index >= 15 is 0 Å². The Kier molecular flexibility index (Phi) is 4.31. The molecule has 6 atom stereocenters. The van der Waals surface area contributed by atoms with Crippen molar-refractivity contribution in [3.63, 3.8) is 0 Å². The molecule has 2 bridgehead atoms. The molecule has 0 aliphatic heterocycles. The van der Waals surface area contributed by atoms with E-state index in [1.165, 1.54) is 32.1 Å². The predicted molar refractivity (Wildman–Crippen MR) is 85.9 cm³/mol. The highest BCUT2D eigenvalue weighted by Crippen LogP contribution is 2.58. The minimum absolute atomic E-state index is 0.0178. The van der Waals surface area contributed by atoms with Crippen LogP contribution in [-0.2, 0) is 4.79 Å². The maximum Gasteiger partial charge on any atom is 0.239 e. The van der Waals surface area contributed by atoms with Gasteiger partial charge < -0.3 is 10.2 Å². The number of carbonyl (C=O) groups excluding carboxylic acids is 1. The molecule has 1 N–H and O–H groups in total. The van der Waals surface area contributed by atoms with Crippen LogP contribution in [-0.4, -0.2) is 37.0 Å². The van der Waals surface area contributed by atoms with Crippen LogP contribution in [0, 0.1) is 29.6 Å². The number of nitrogens with zero attached hydrogens (tertiary/aromatic N) is 1. The van der Waals surface area contributed by atoms with Crippen LogP contribution in [0.5, 0.6) is 0 Å². The van der Waals surface area contributed by atoms with Crippen molar-refractivity contribution < 1.29 is 4.79 Å². The number of hydrogen-bond donors (Lipinski definition) is 1. The van der Waals surface area contributed by atoms with Crippen LogP contribution in [0.4, 0.5) is 0 Å². The second-order valence-electron chi connectivity index (χ2n) is 8.34. The highest BCUT2D eigenvalue weighted by atomic mass is 16.2. The maximum atomic E-state index is 12.5. The van der Waals surface area contributed by atoms with E-state index in [0.717, 1.165) is 30.1 Å². The Morgan fingerprint density at radius 1 is 1.14 bits per heavy atom. The van der Waals surface area contributed by atoms with Crippen molar-refractivity contribution in [2.24, 2.45) is 29.6 Å². The monoisotopic (exact) mass is 292 g/mol. The smallest absolute Gasteiger partial charge is 0.239 e. The quantitative estimate of drug-likeness (QED) is 0.845. The van der Waals surface area contributed by atoms with Crippen LogP contribution < -0.4 is 5.32 Å². The Morgan fingerprint density at radius 3 is 2.52 bits per heavy atom. The van der Waals surface area contributed by atoms with E-state index in [2.05, 4.69) is 19.2 Å². The van der Waals surface area contributed by atoms with Gasteiger partial charge in [-0.3, -0.25) is 4.79 Å². The van der Waals surface area contributed by atoms with Crippen LogP contribution in [0.15, 0.2) is 0 Å². The highest BCUT2D eigenvalue weighted by molar-refractivity contribution is 5.81. The number of amides is 1. The third-order valence-electron chi connectivity index (χ3n) is 6.29. The summed E-state index contributed by atoms with van der Waals surface area (Å²) >= 11 is 0. The fourth-order valence-electron chi connectivity index (χ4n) is 5.54. The summed E-state index contributed by atoms with van der Waals surface area (Å²) in [7, 11) is 3.76. The molecule has 3 aliphatic carbocycles. The molecule has 3 heteroatoms. The maximum absolute atomic E-state index is 12.5. The first-order valence-electron chi connectivity index (χ1n) is 8.94. The zero-order valence-corrected chi connectivity index (χ0v) is 14.1. The van der Waals surface area contributed by atoms with Gasteiger partial charge in [0.2, 0.25) is 5.91 Å². The molecule has 0 radical (unpaired) electrons. The van der Waals surface area contributed by atoms with Crippen molar-refractivity contribution in [1.29, 1.82) is 0 Å². The molecule has 0 spiro atoms. The molecular formula is C18H32N2O. The molecule has 3 saturated carbocycles. The molecule has 3 aliphatic rings. The van der Waals surface area contributed by atoms with Gasteiger partial charge in [0, 0.05) is 20.1 Å². The lowest BCUT2D eigenvalue weighted by molar-refractivity contribution is -0.131. The molecule has 120 valence electrons. The lowest BCUT2D eigenvalue weighted by Gasteiger charge is -2.35. The van der Waals surface area contributed by atoms with E-state index < -0.39 is 0 Å². The Morgan fingerprint density at radius 2 is 1.86 bits per heavy atom. The zero-order chi connectivity index (χ0) is 15.1. The Labute approximate surface area is 129 Å². The van der Waals surface area contributed by atoms with Gasteiger partial charge in [-0.05, 0) is 61.7 Å². The summed E-state index contributed by atoms with van der Waals surface area (Å²) in [4.78, 5) is 14.2. The fourth-order valence-corrected chi connectivity index (χ4v) is 5.54. The number of likely N-dealkylation sites (N-methyl/N-ethyl adjacent to an activating group) is 1. The fraction of sp³-hybridized carbons (Fsp3) is 0.944. The number of carbonyl (C=O) groups is 1. The van der Waals surface area contributed by atoms with E-state index in [1.807, 2.05) is 14.1 Å². The van der Waals surface area contributed by atoms with Gasteiger partial charge in [-0.2, -0.15) is 0 Å². The van der Waals surface area contributed by atoms with Crippen molar-refractivity contribution in [3.05, 3.63) is 0 Å². The standard InChI is InChI=1S/C18H32N2O/c1-11(2)8-17(18(21)20(3)4)19-16-10-12-9-15(16)14-7-5-6-13(12)14/h11-17,19H,5-10H2,1-4H3. The molecule has 21 heavy (non-hydrogen) atoms. The third kappa shape index (κ3) is 2.86. The number of hydrogen-bond acceptors (Lipinski definition) is 2.